The molecule has 0 aliphatic heterocycles. The number of aromatic nitrogens is 2. The average Bonchev–Trinajstić information content (AvgIpc) is 3.28. The molecule has 1 aromatic heterocycles. The Hall–Kier alpha value is -2.77. The molecule has 0 spiro atoms. The quantitative estimate of drug-likeness (QED) is 0.781. The lowest BCUT2D eigenvalue weighted by Gasteiger charge is -2.06. The first kappa shape index (κ1) is 15.1. The van der Waals surface area contributed by atoms with Crippen LogP contribution in [0.3, 0.4) is 0 Å². The highest BCUT2D eigenvalue weighted by Gasteiger charge is 2.29. The molecule has 0 bridgehead atoms. The lowest BCUT2D eigenvalue weighted by molar-refractivity contribution is 0.0897. The number of hydrogen-bond donors (Lipinski definition) is 2. The van der Waals surface area contributed by atoms with Crippen molar-refractivity contribution in [3.05, 3.63) is 47.4 Å². The van der Waals surface area contributed by atoms with Crippen molar-refractivity contribution in [1.29, 1.82) is 0 Å². The van der Waals surface area contributed by atoms with E-state index >= 15 is 0 Å². The number of nitrogens with one attached hydrogen (secondary N) is 2. The Balaban J connectivity index is 1.43. The number of hydrogen-bond acceptors (Lipinski definition) is 5. The van der Waals surface area contributed by atoms with E-state index in [0.29, 0.717) is 11.7 Å². The predicted molar refractivity (Wildman–Crippen MR) is 77.3 cm³/mol. The highest BCUT2D eigenvalue weighted by atomic mass is 19.1. The number of nitrogens with zero attached hydrogens (tertiary/aromatic N) is 2. The molecule has 0 atom stereocenters. The molecule has 1 saturated carbocycles. The van der Waals surface area contributed by atoms with Crippen molar-refractivity contribution in [1.82, 2.24) is 20.8 Å². The number of benzene rings is 1. The van der Waals surface area contributed by atoms with Gasteiger partial charge in [-0.2, -0.15) is 4.98 Å². The molecule has 3 rings (SSSR count). The first-order chi connectivity index (χ1) is 11.1. The molecule has 0 radical (unpaired) electrons. The van der Waals surface area contributed by atoms with E-state index in [1.807, 2.05) is 0 Å². The van der Waals surface area contributed by atoms with Crippen LogP contribution in [0.15, 0.2) is 28.8 Å². The van der Waals surface area contributed by atoms with Gasteiger partial charge in [-0.15, -0.1) is 0 Å². The van der Waals surface area contributed by atoms with E-state index in [1.165, 1.54) is 18.2 Å². The Morgan fingerprint density at radius 1 is 1.17 bits per heavy atom. The molecule has 2 aromatic rings. The molecular weight excluding hydrogens is 303 g/mol. The van der Waals surface area contributed by atoms with Crippen LogP contribution in [0.25, 0.3) is 0 Å². The molecular formula is C15H15FN4O3. The molecule has 0 unspecified atom stereocenters. The van der Waals surface area contributed by atoms with E-state index in [1.54, 1.807) is 6.07 Å². The van der Waals surface area contributed by atoms with E-state index in [2.05, 4.69) is 20.8 Å². The van der Waals surface area contributed by atoms with Gasteiger partial charge in [0.1, 0.15) is 5.82 Å². The Morgan fingerprint density at radius 2 is 1.87 bits per heavy atom. The first-order valence-electron chi connectivity index (χ1n) is 7.29. The SMILES string of the molecule is O=C(NCCNC(=O)c1ccccc1F)c1nc(C2CC2)no1. The number of carbonyl (C=O) groups excluding carboxylic acids is 2. The molecule has 120 valence electrons. The molecule has 1 fully saturated rings. The van der Waals surface area contributed by atoms with E-state index in [-0.39, 0.29) is 24.5 Å². The summed E-state index contributed by atoms with van der Waals surface area (Å²) in [5, 5.41) is 8.82. The van der Waals surface area contributed by atoms with Crippen molar-refractivity contribution in [3.8, 4) is 0 Å². The highest BCUT2D eigenvalue weighted by molar-refractivity contribution is 5.94. The number of halogens is 1. The zero-order valence-electron chi connectivity index (χ0n) is 12.2. The topological polar surface area (TPSA) is 97.1 Å². The van der Waals surface area contributed by atoms with Crippen LogP contribution in [0.4, 0.5) is 4.39 Å². The van der Waals surface area contributed by atoms with Gasteiger partial charge in [0.15, 0.2) is 5.82 Å². The molecule has 23 heavy (non-hydrogen) atoms. The summed E-state index contributed by atoms with van der Waals surface area (Å²) >= 11 is 0. The van der Waals surface area contributed by atoms with Gasteiger partial charge >= 0.3 is 11.8 Å². The van der Waals surface area contributed by atoms with Crippen LogP contribution in [0.2, 0.25) is 0 Å². The first-order valence-corrected chi connectivity index (χ1v) is 7.29. The van der Waals surface area contributed by atoms with Crippen LogP contribution in [0.1, 0.15) is 45.6 Å². The Bertz CT molecular complexity index is 727. The van der Waals surface area contributed by atoms with Gasteiger partial charge in [-0.1, -0.05) is 17.3 Å². The maximum absolute atomic E-state index is 13.4. The van der Waals surface area contributed by atoms with Gasteiger partial charge in [-0.3, -0.25) is 9.59 Å². The van der Waals surface area contributed by atoms with E-state index in [0.717, 1.165) is 12.8 Å². The number of rotatable bonds is 6. The van der Waals surface area contributed by atoms with Gasteiger partial charge in [0.05, 0.1) is 5.56 Å². The van der Waals surface area contributed by atoms with Crippen LogP contribution in [0.5, 0.6) is 0 Å². The van der Waals surface area contributed by atoms with Crippen LogP contribution >= 0.6 is 0 Å². The van der Waals surface area contributed by atoms with Gasteiger partial charge in [0, 0.05) is 19.0 Å². The monoisotopic (exact) mass is 318 g/mol. The molecule has 2 amide bonds. The van der Waals surface area contributed by atoms with Crippen LogP contribution in [0, 0.1) is 5.82 Å². The molecule has 2 N–H and O–H groups in total. The number of amides is 2. The van der Waals surface area contributed by atoms with E-state index in [9.17, 15) is 14.0 Å². The molecule has 1 heterocycles. The minimum atomic E-state index is -0.590. The fourth-order valence-electron chi connectivity index (χ4n) is 2.00. The van der Waals surface area contributed by atoms with Crippen molar-refractivity contribution in [2.45, 2.75) is 18.8 Å². The summed E-state index contributed by atoms with van der Waals surface area (Å²) in [5.41, 5.74) is -0.0372. The van der Waals surface area contributed by atoms with E-state index < -0.39 is 17.6 Å². The fourth-order valence-corrected chi connectivity index (χ4v) is 2.00. The predicted octanol–water partition coefficient (Wildman–Crippen LogP) is 1.25. The summed E-state index contributed by atoms with van der Waals surface area (Å²) in [6, 6.07) is 5.68. The molecule has 1 aliphatic rings. The minimum Gasteiger partial charge on any atom is -0.350 e. The van der Waals surface area contributed by atoms with Crippen LogP contribution < -0.4 is 10.6 Å². The average molecular weight is 318 g/mol. The Morgan fingerprint density at radius 3 is 2.57 bits per heavy atom. The third-order valence-electron chi connectivity index (χ3n) is 3.39. The zero-order valence-corrected chi connectivity index (χ0v) is 12.2. The third kappa shape index (κ3) is 3.71. The second-order valence-corrected chi connectivity index (χ2v) is 5.22. The molecule has 7 nitrogen and oxygen atoms in total. The summed E-state index contributed by atoms with van der Waals surface area (Å²) < 4.78 is 18.3. The van der Waals surface area contributed by atoms with Gasteiger partial charge < -0.3 is 15.2 Å². The van der Waals surface area contributed by atoms with Gasteiger partial charge in [0.2, 0.25) is 0 Å². The second-order valence-electron chi connectivity index (χ2n) is 5.22. The van der Waals surface area contributed by atoms with Crippen LogP contribution in [-0.2, 0) is 0 Å². The molecule has 0 saturated heterocycles. The summed E-state index contributed by atoms with van der Waals surface area (Å²) in [5.74, 6) is -0.848. The van der Waals surface area contributed by atoms with E-state index in [4.69, 9.17) is 4.52 Å². The lowest BCUT2D eigenvalue weighted by atomic mass is 10.2. The summed E-state index contributed by atoms with van der Waals surface area (Å²) in [7, 11) is 0. The van der Waals surface area contributed by atoms with Gasteiger partial charge in [0.25, 0.3) is 5.91 Å². The van der Waals surface area contributed by atoms with Crippen molar-refractivity contribution < 1.29 is 18.5 Å². The third-order valence-corrected chi connectivity index (χ3v) is 3.39. The van der Waals surface area contributed by atoms with Crippen molar-refractivity contribution in [2.75, 3.05) is 13.1 Å². The molecule has 1 aromatic carbocycles. The van der Waals surface area contributed by atoms with Gasteiger partial charge in [-0.25, -0.2) is 4.39 Å². The summed E-state index contributed by atoms with van der Waals surface area (Å²) in [4.78, 5) is 27.6. The van der Waals surface area contributed by atoms with Crippen molar-refractivity contribution >= 4 is 11.8 Å². The van der Waals surface area contributed by atoms with Crippen molar-refractivity contribution in [3.63, 3.8) is 0 Å². The minimum absolute atomic E-state index is 0.0372. The smallest absolute Gasteiger partial charge is 0.315 e. The second kappa shape index (κ2) is 6.55. The summed E-state index contributed by atoms with van der Waals surface area (Å²) in [6.07, 6.45) is 2.03. The highest BCUT2D eigenvalue weighted by Crippen LogP contribution is 2.37. The fraction of sp³-hybridized carbons (Fsp3) is 0.333. The number of carbonyl (C=O) groups is 2. The molecule has 8 heteroatoms. The maximum atomic E-state index is 13.4. The maximum Gasteiger partial charge on any atom is 0.315 e. The Kier molecular flexibility index (Phi) is 4.31. The lowest BCUT2D eigenvalue weighted by Crippen LogP contribution is -2.35. The summed E-state index contributed by atoms with van der Waals surface area (Å²) in [6.45, 7) is 0.322. The zero-order chi connectivity index (χ0) is 16.2. The standard InChI is InChI=1S/C15H15FN4O3/c16-11-4-2-1-3-10(11)13(21)17-7-8-18-14(22)15-19-12(20-23-15)9-5-6-9/h1-4,9H,5-8H2,(H,17,21)(H,18,22). The molecule has 1 aliphatic carbocycles. The normalized spacial score (nSPS) is 13.6. The largest absolute Gasteiger partial charge is 0.350 e. The van der Waals surface area contributed by atoms with Crippen molar-refractivity contribution in [2.24, 2.45) is 0 Å². The van der Waals surface area contributed by atoms with Gasteiger partial charge in [-0.05, 0) is 25.0 Å². The van der Waals surface area contributed by atoms with Crippen LogP contribution in [-0.4, -0.2) is 35.0 Å². The Labute approximate surface area is 131 Å².